The maximum absolute atomic E-state index is 13.1. The highest BCUT2D eigenvalue weighted by molar-refractivity contribution is 5.92. The van der Waals surface area contributed by atoms with Gasteiger partial charge in [0, 0.05) is 36.6 Å². The van der Waals surface area contributed by atoms with Gasteiger partial charge >= 0.3 is 0 Å². The van der Waals surface area contributed by atoms with Gasteiger partial charge < -0.3 is 9.47 Å². The minimum absolute atomic E-state index is 0.00268. The molecule has 6 nitrogen and oxygen atoms in total. The third kappa shape index (κ3) is 3.09. The molecule has 0 spiro atoms. The fraction of sp³-hybridized carbons (Fsp3) is 0.611. The van der Waals surface area contributed by atoms with E-state index in [-0.39, 0.29) is 17.4 Å². The van der Waals surface area contributed by atoms with Crippen LogP contribution >= 0.6 is 0 Å². The van der Waals surface area contributed by atoms with Crippen LogP contribution in [-0.2, 0) is 12.0 Å². The van der Waals surface area contributed by atoms with Gasteiger partial charge in [0.2, 0.25) is 0 Å². The second-order valence-corrected chi connectivity index (χ2v) is 7.50. The molecule has 0 aromatic carbocycles. The number of hydrogen-bond acceptors (Lipinski definition) is 3. The molecule has 2 aromatic rings. The predicted molar refractivity (Wildman–Crippen MR) is 92.8 cm³/mol. The van der Waals surface area contributed by atoms with Crippen molar-refractivity contribution in [3.63, 3.8) is 0 Å². The highest BCUT2D eigenvalue weighted by atomic mass is 16.2. The Labute approximate surface area is 143 Å². The van der Waals surface area contributed by atoms with Gasteiger partial charge in [-0.1, -0.05) is 20.8 Å². The van der Waals surface area contributed by atoms with Crippen molar-refractivity contribution in [1.82, 2.24) is 24.6 Å². The quantitative estimate of drug-likeness (QED) is 0.939. The molecule has 2 aromatic heterocycles. The second-order valence-electron chi connectivity index (χ2n) is 7.50. The van der Waals surface area contributed by atoms with E-state index >= 15 is 0 Å². The molecule has 1 fully saturated rings. The number of aromatic nitrogens is 4. The first-order valence-electron chi connectivity index (χ1n) is 8.79. The predicted octanol–water partition coefficient (Wildman–Crippen LogP) is 3.29. The van der Waals surface area contributed by atoms with E-state index in [4.69, 9.17) is 0 Å². The van der Waals surface area contributed by atoms with Crippen molar-refractivity contribution >= 4 is 5.91 Å². The van der Waals surface area contributed by atoms with Crippen LogP contribution in [0.15, 0.2) is 18.5 Å². The lowest BCUT2D eigenvalue weighted by atomic mass is 9.92. The van der Waals surface area contributed by atoms with E-state index < -0.39 is 0 Å². The number of nitrogens with zero attached hydrogens (tertiary/aromatic N) is 4. The Balaban J connectivity index is 1.88. The number of hydrogen-bond donors (Lipinski definition) is 1. The van der Waals surface area contributed by atoms with Crippen LogP contribution < -0.4 is 0 Å². The second kappa shape index (κ2) is 6.42. The van der Waals surface area contributed by atoms with Gasteiger partial charge in [0.05, 0.1) is 6.04 Å². The van der Waals surface area contributed by atoms with Gasteiger partial charge in [0.25, 0.3) is 5.91 Å². The number of imidazole rings is 1. The first kappa shape index (κ1) is 16.7. The van der Waals surface area contributed by atoms with E-state index in [2.05, 4.69) is 47.4 Å². The van der Waals surface area contributed by atoms with Gasteiger partial charge in [-0.2, -0.15) is 5.10 Å². The number of H-pyrrole nitrogens is 1. The van der Waals surface area contributed by atoms with E-state index in [1.54, 1.807) is 0 Å². The number of nitrogens with one attached hydrogen (secondary N) is 1. The number of likely N-dealkylation sites (tertiary alicyclic amines) is 1. The fourth-order valence-electron chi connectivity index (χ4n) is 3.29. The third-order valence-electron chi connectivity index (χ3n) is 4.76. The largest absolute Gasteiger partial charge is 0.333 e. The van der Waals surface area contributed by atoms with Gasteiger partial charge in [-0.15, -0.1) is 0 Å². The molecule has 3 rings (SSSR count). The highest BCUT2D eigenvalue weighted by Crippen LogP contribution is 2.31. The normalized spacial score (nSPS) is 18.8. The van der Waals surface area contributed by atoms with Crippen LogP contribution in [0.4, 0.5) is 0 Å². The monoisotopic (exact) mass is 329 g/mol. The van der Waals surface area contributed by atoms with Crippen molar-refractivity contribution in [3.8, 4) is 0 Å². The molecule has 1 N–H and O–H groups in total. The Kier molecular flexibility index (Phi) is 4.47. The summed E-state index contributed by atoms with van der Waals surface area (Å²) in [5.41, 5.74) is 1.43. The number of amides is 1. The molecule has 130 valence electrons. The summed E-state index contributed by atoms with van der Waals surface area (Å²) < 4.78 is 2.13. The fourth-order valence-corrected chi connectivity index (χ4v) is 3.29. The zero-order chi connectivity index (χ0) is 17.3. The number of piperidine rings is 1. The van der Waals surface area contributed by atoms with Crippen molar-refractivity contribution in [2.24, 2.45) is 0 Å². The summed E-state index contributed by atoms with van der Waals surface area (Å²) in [6.45, 7) is 10.1. The SMILES string of the molecule is CCn1ccnc1C1CCCCN1C(=O)c1cc(C(C)(C)C)[nH]n1. The summed E-state index contributed by atoms with van der Waals surface area (Å²) in [6.07, 6.45) is 6.92. The maximum Gasteiger partial charge on any atom is 0.274 e. The highest BCUT2D eigenvalue weighted by Gasteiger charge is 2.32. The molecule has 24 heavy (non-hydrogen) atoms. The van der Waals surface area contributed by atoms with Crippen LogP contribution in [0.1, 0.15) is 75.0 Å². The van der Waals surface area contributed by atoms with E-state index in [0.717, 1.165) is 43.9 Å². The van der Waals surface area contributed by atoms with Crippen molar-refractivity contribution < 1.29 is 4.79 Å². The summed E-state index contributed by atoms with van der Waals surface area (Å²) in [4.78, 5) is 19.5. The van der Waals surface area contributed by atoms with Crippen LogP contribution in [0.5, 0.6) is 0 Å². The average molecular weight is 329 g/mol. The molecule has 1 aliphatic rings. The smallest absolute Gasteiger partial charge is 0.274 e. The lowest BCUT2D eigenvalue weighted by Gasteiger charge is -2.35. The maximum atomic E-state index is 13.1. The molecule has 0 bridgehead atoms. The molecular formula is C18H27N5O. The summed E-state index contributed by atoms with van der Waals surface area (Å²) in [5, 5.41) is 7.29. The van der Waals surface area contributed by atoms with Crippen LogP contribution in [0, 0.1) is 0 Å². The molecule has 6 heteroatoms. The topological polar surface area (TPSA) is 66.8 Å². The van der Waals surface area contributed by atoms with Crippen molar-refractivity contribution in [2.45, 2.75) is 65.0 Å². The summed E-state index contributed by atoms with van der Waals surface area (Å²) in [6, 6.07) is 1.93. The van der Waals surface area contributed by atoms with E-state index in [9.17, 15) is 4.79 Å². The van der Waals surface area contributed by atoms with Crippen LogP contribution in [-0.4, -0.2) is 37.1 Å². The Morgan fingerprint density at radius 3 is 2.83 bits per heavy atom. The first-order valence-corrected chi connectivity index (χ1v) is 8.79. The van der Waals surface area contributed by atoms with Crippen molar-refractivity contribution in [1.29, 1.82) is 0 Å². The van der Waals surface area contributed by atoms with Crippen LogP contribution in [0.2, 0.25) is 0 Å². The average Bonchev–Trinajstić information content (AvgIpc) is 3.22. The molecule has 1 aliphatic heterocycles. The van der Waals surface area contributed by atoms with Crippen LogP contribution in [0.25, 0.3) is 0 Å². The van der Waals surface area contributed by atoms with Crippen molar-refractivity contribution in [3.05, 3.63) is 35.7 Å². The number of rotatable bonds is 3. The molecular weight excluding hydrogens is 302 g/mol. The molecule has 1 atom stereocenters. The molecule has 0 radical (unpaired) electrons. The lowest BCUT2D eigenvalue weighted by Crippen LogP contribution is -2.39. The van der Waals surface area contributed by atoms with E-state index in [1.807, 2.05) is 23.4 Å². The zero-order valence-electron chi connectivity index (χ0n) is 15.0. The van der Waals surface area contributed by atoms with E-state index in [0.29, 0.717) is 5.69 Å². The zero-order valence-corrected chi connectivity index (χ0v) is 15.0. The Morgan fingerprint density at radius 2 is 2.17 bits per heavy atom. The Bertz CT molecular complexity index is 709. The molecule has 1 saturated heterocycles. The molecule has 3 heterocycles. The molecule has 1 unspecified atom stereocenters. The number of aromatic amines is 1. The van der Waals surface area contributed by atoms with E-state index in [1.165, 1.54) is 0 Å². The van der Waals surface area contributed by atoms with Crippen molar-refractivity contribution in [2.75, 3.05) is 6.54 Å². The summed E-state index contributed by atoms with van der Waals surface area (Å²) in [5.74, 6) is 0.981. The summed E-state index contributed by atoms with van der Waals surface area (Å²) in [7, 11) is 0. The van der Waals surface area contributed by atoms with Gasteiger partial charge in [0.15, 0.2) is 0 Å². The minimum Gasteiger partial charge on any atom is -0.333 e. The minimum atomic E-state index is -0.0503. The standard InChI is InChI=1S/C18H27N5O/c1-5-22-11-9-19-16(22)14-8-6-7-10-23(14)17(24)13-12-15(21-20-13)18(2,3)4/h9,11-12,14H,5-8,10H2,1-4H3,(H,20,21). The molecule has 1 amide bonds. The summed E-state index contributed by atoms with van der Waals surface area (Å²) >= 11 is 0. The number of carbonyl (C=O) groups is 1. The Morgan fingerprint density at radius 1 is 1.38 bits per heavy atom. The van der Waals surface area contributed by atoms with Crippen LogP contribution in [0.3, 0.4) is 0 Å². The van der Waals surface area contributed by atoms with Gasteiger partial charge in [-0.3, -0.25) is 9.89 Å². The van der Waals surface area contributed by atoms with Gasteiger partial charge in [-0.05, 0) is 32.3 Å². The number of carbonyl (C=O) groups excluding carboxylic acids is 1. The third-order valence-corrected chi connectivity index (χ3v) is 4.76. The molecule has 0 aliphatic carbocycles. The lowest BCUT2D eigenvalue weighted by molar-refractivity contribution is 0.0589. The Hall–Kier alpha value is -2.11. The first-order chi connectivity index (χ1) is 11.4. The van der Waals surface area contributed by atoms with Gasteiger partial charge in [0.1, 0.15) is 11.5 Å². The number of aryl methyl sites for hydroxylation is 1. The van der Waals surface area contributed by atoms with Gasteiger partial charge in [-0.25, -0.2) is 4.98 Å². The molecule has 0 saturated carbocycles.